The molecule has 0 saturated carbocycles. The van der Waals surface area contributed by atoms with Gasteiger partial charge in [0.2, 0.25) is 5.88 Å². The number of nitrogens with one attached hydrogen (secondary N) is 1. The Morgan fingerprint density at radius 3 is 2.64 bits per heavy atom. The van der Waals surface area contributed by atoms with Gasteiger partial charge in [-0.3, -0.25) is 4.90 Å². The topological polar surface area (TPSA) is 102 Å². The van der Waals surface area contributed by atoms with Crippen LogP contribution in [0.15, 0.2) is 6.07 Å². The maximum Gasteiger partial charge on any atom is 0.417 e. The van der Waals surface area contributed by atoms with Gasteiger partial charge in [-0.05, 0) is 51.7 Å². The van der Waals surface area contributed by atoms with Gasteiger partial charge in [0, 0.05) is 43.7 Å². The highest BCUT2D eigenvalue weighted by Crippen LogP contribution is 2.47. The van der Waals surface area contributed by atoms with Gasteiger partial charge in [-0.25, -0.2) is 18.2 Å². The SMILES string of the molecule is CC[C@@H]1CN2c3nc(OC[C@@]45CCC(C)N4C[C@H](F)C5)nc4c(F)c(-c5cc(N)c(F)c(C)c5C(F)(F)F)nc(c34)O[C@@H](C)[C@@H]2CN1. The van der Waals surface area contributed by atoms with Crippen molar-refractivity contribution in [3.05, 3.63) is 28.8 Å². The van der Waals surface area contributed by atoms with Crippen molar-refractivity contribution in [2.75, 3.05) is 36.9 Å². The number of piperazine rings is 1. The summed E-state index contributed by atoms with van der Waals surface area (Å²) in [4.78, 5) is 17.5. The molecular formula is C32H37F6N7O2. The lowest BCUT2D eigenvalue weighted by Crippen LogP contribution is -2.60. The largest absolute Gasteiger partial charge is 0.472 e. The number of hydrogen-bond donors (Lipinski definition) is 2. The molecule has 3 aromatic rings. The summed E-state index contributed by atoms with van der Waals surface area (Å²) in [6.07, 6.45) is -3.99. The van der Waals surface area contributed by atoms with Crippen molar-refractivity contribution in [1.29, 1.82) is 0 Å². The lowest BCUT2D eigenvalue weighted by molar-refractivity contribution is -0.137. The smallest absolute Gasteiger partial charge is 0.417 e. The highest BCUT2D eigenvalue weighted by atomic mass is 19.4. The van der Waals surface area contributed by atoms with Crippen LogP contribution in [-0.4, -0.2) is 82.0 Å². The van der Waals surface area contributed by atoms with Gasteiger partial charge in [0.25, 0.3) is 0 Å². The zero-order valence-electron chi connectivity index (χ0n) is 26.5. The Bertz CT molecular complexity index is 1740. The zero-order valence-corrected chi connectivity index (χ0v) is 26.5. The zero-order chi connectivity index (χ0) is 33.6. The summed E-state index contributed by atoms with van der Waals surface area (Å²) in [6.45, 7) is 8.11. The summed E-state index contributed by atoms with van der Waals surface area (Å²) < 4.78 is 102. The third-order valence-electron chi connectivity index (χ3n) is 10.5. The molecule has 3 saturated heterocycles. The van der Waals surface area contributed by atoms with E-state index < -0.39 is 63.7 Å². The number of fused-ring (bicyclic) bond motifs is 3. The summed E-state index contributed by atoms with van der Waals surface area (Å²) in [5.74, 6) is -2.32. The molecule has 0 spiro atoms. The molecule has 0 aliphatic carbocycles. The molecule has 6 heterocycles. The second kappa shape index (κ2) is 11.2. The van der Waals surface area contributed by atoms with Crippen molar-refractivity contribution in [2.24, 2.45) is 0 Å². The average Bonchev–Trinajstić information content (AvgIpc) is 3.47. The van der Waals surface area contributed by atoms with Crippen LogP contribution in [0.3, 0.4) is 0 Å². The van der Waals surface area contributed by atoms with Crippen LogP contribution in [0.1, 0.15) is 57.6 Å². The molecule has 7 rings (SSSR count). The fourth-order valence-electron chi connectivity index (χ4n) is 7.98. The molecule has 0 bridgehead atoms. The van der Waals surface area contributed by atoms with E-state index in [1.807, 2.05) is 18.7 Å². The predicted molar refractivity (Wildman–Crippen MR) is 163 cm³/mol. The van der Waals surface area contributed by atoms with Crippen molar-refractivity contribution in [2.45, 2.75) is 95.5 Å². The second-order valence-electron chi connectivity index (χ2n) is 13.4. The Hall–Kier alpha value is -3.59. The third-order valence-corrected chi connectivity index (χ3v) is 10.5. The van der Waals surface area contributed by atoms with E-state index in [0.29, 0.717) is 26.1 Å². The van der Waals surface area contributed by atoms with Gasteiger partial charge in [0.15, 0.2) is 5.82 Å². The fourth-order valence-corrected chi connectivity index (χ4v) is 7.98. The van der Waals surface area contributed by atoms with E-state index in [0.717, 1.165) is 25.8 Å². The highest BCUT2D eigenvalue weighted by molar-refractivity contribution is 5.97. The summed E-state index contributed by atoms with van der Waals surface area (Å²) >= 11 is 0. The van der Waals surface area contributed by atoms with Crippen LogP contribution in [0.4, 0.5) is 37.8 Å². The van der Waals surface area contributed by atoms with E-state index in [-0.39, 0.29) is 59.8 Å². The molecule has 4 aliphatic rings. The van der Waals surface area contributed by atoms with Gasteiger partial charge < -0.3 is 25.4 Å². The Labute approximate surface area is 267 Å². The van der Waals surface area contributed by atoms with Gasteiger partial charge in [-0.15, -0.1) is 0 Å². The molecule has 9 nitrogen and oxygen atoms in total. The van der Waals surface area contributed by atoms with Crippen LogP contribution in [0.25, 0.3) is 22.2 Å². The summed E-state index contributed by atoms with van der Waals surface area (Å²) in [7, 11) is 0. The van der Waals surface area contributed by atoms with Gasteiger partial charge >= 0.3 is 12.2 Å². The highest BCUT2D eigenvalue weighted by Gasteiger charge is 2.52. The van der Waals surface area contributed by atoms with E-state index in [4.69, 9.17) is 20.2 Å². The van der Waals surface area contributed by atoms with E-state index in [1.165, 1.54) is 0 Å². The fraction of sp³-hybridized carbons (Fsp3) is 0.594. The number of halogens is 6. The molecule has 0 amide bonds. The number of nitrogens with two attached hydrogens (primary N) is 1. The number of benzene rings is 1. The lowest BCUT2D eigenvalue weighted by atomic mass is 9.95. The number of anilines is 2. The van der Waals surface area contributed by atoms with Gasteiger partial charge in [-0.2, -0.15) is 23.1 Å². The lowest BCUT2D eigenvalue weighted by Gasteiger charge is -2.42. The first-order valence-corrected chi connectivity index (χ1v) is 16.0. The van der Waals surface area contributed by atoms with Gasteiger partial charge in [0.05, 0.1) is 22.8 Å². The van der Waals surface area contributed by atoms with E-state index in [1.54, 1.807) is 6.92 Å². The number of pyridine rings is 1. The Morgan fingerprint density at radius 2 is 1.91 bits per heavy atom. The number of nitrogen functional groups attached to an aromatic ring is 1. The molecule has 254 valence electrons. The first-order valence-electron chi connectivity index (χ1n) is 16.0. The van der Waals surface area contributed by atoms with Crippen LogP contribution in [-0.2, 0) is 6.18 Å². The molecule has 1 aromatic carbocycles. The molecule has 3 fully saturated rings. The number of hydrogen-bond acceptors (Lipinski definition) is 9. The Kier molecular flexibility index (Phi) is 7.65. The molecular weight excluding hydrogens is 628 g/mol. The summed E-state index contributed by atoms with van der Waals surface area (Å²) in [6, 6.07) is 0.465. The molecule has 15 heteroatoms. The third kappa shape index (κ3) is 5.11. The minimum absolute atomic E-state index is 0.0521. The van der Waals surface area contributed by atoms with Gasteiger partial charge in [-0.1, -0.05) is 6.92 Å². The standard InChI is InChI=1S/C32H37F6N7O2/c1-5-18-12-44-21(10-40-18)16(4)47-29-22-27(25(35)26(41-29)19-8-20(39)24(34)15(3)23(19)32(36,37)38)42-30(43-28(22)44)46-13-31-7-6-14(2)45(31)11-17(33)9-31/h8,14,16-18,21,40H,5-7,9-13,39H2,1-4H3/t14?,16-,17+,18+,21-,31-/m0/s1. The van der Waals surface area contributed by atoms with E-state index in [2.05, 4.69) is 20.2 Å². The first kappa shape index (κ1) is 32.0. The average molecular weight is 666 g/mol. The maximum atomic E-state index is 16.8. The first-order chi connectivity index (χ1) is 22.2. The normalized spacial score (nSPS) is 29.1. The molecule has 47 heavy (non-hydrogen) atoms. The number of nitrogens with zero attached hydrogens (tertiary/aromatic N) is 5. The van der Waals surface area contributed by atoms with Crippen LogP contribution in [0, 0.1) is 18.6 Å². The molecule has 4 aliphatic heterocycles. The number of rotatable bonds is 5. The molecule has 2 aromatic heterocycles. The number of aromatic nitrogens is 3. The van der Waals surface area contributed by atoms with E-state index in [9.17, 15) is 22.0 Å². The molecule has 1 unspecified atom stereocenters. The van der Waals surface area contributed by atoms with Crippen molar-refractivity contribution in [1.82, 2.24) is 25.2 Å². The molecule has 6 atom stereocenters. The Balaban J connectivity index is 1.43. The van der Waals surface area contributed by atoms with Crippen LogP contribution in [0.2, 0.25) is 0 Å². The van der Waals surface area contributed by atoms with Crippen LogP contribution in [0.5, 0.6) is 11.9 Å². The number of alkyl halides is 4. The van der Waals surface area contributed by atoms with Crippen molar-refractivity contribution >= 4 is 22.4 Å². The quantitative estimate of drug-likeness (QED) is 0.268. The Morgan fingerprint density at radius 1 is 1.15 bits per heavy atom. The second-order valence-corrected chi connectivity index (χ2v) is 13.4. The van der Waals surface area contributed by atoms with E-state index >= 15 is 4.39 Å². The summed E-state index contributed by atoms with van der Waals surface area (Å²) in [5.41, 5.74) is 0.559. The molecule has 0 radical (unpaired) electrons. The van der Waals surface area contributed by atoms with Gasteiger partial charge in [0.1, 0.15) is 47.1 Å². The number of ether oxygens (including phenoxy) is 2. The molecule has 3 N–H and O–H groups in total. The monoisotopic (exact) mass is 665 g/mol. The minimum Gasteiger partial charge on any atom is -0.472 e. The van der Waals surface area contributed by atoms with Crippen molar-refractivity contribution < 1.29 is 35.8 Å². The van der Waals surface area contributed by atoms with Crippen molar-refractivity contribution in [3.8, 4) is 23.1 Å². The van der Waals surface area contributed by atoms with Crippen LogP contribution < -0.4 is 25.4 Å². The minimum atomic E-state index is -5.06. The summed E-state index contributed by atoms with van der Waals surface area (Å²) in [5, 5.41) is 3.57. The predicted octanol–water partition coefficient (Wildman–Crippen LogP) is 5.56. The maximum absolute atomic E-state index is 16.8. The van der Waals surface area contributed by atoms with Crippen molar-refractivity contribution in [3.63, 3.8) is 0 Å². The van der Waals surface area contributed by atoms with Crippen LogP contribution >= 0.6 is 0 Å².